The maximum absolute atomic E-state index is 5.36. The van der Waals surface area contributed by atoms with E-state index in [0.717, 1.165) is 28.8 Å². The maximum atomic E-state index is 5.36. The van der Waals surface area contributed by atoms with E-state index < -0.39 is 0 Å². The second-order valence-corrected chi connectivity index (χ2v) is 11.7. The molecule has 204 valence electrons. The van der Waals surface area contributed by atoms with Gasteiger partial charge in [-0.05, 0) is 77.4 Å². The number of pyridine rings is 1. The number of aromatic nitrogens is 3. The largest absolute Gasteiger partial charge is 0.313 e. The first-order valence-corrected chi connectivity index (χ1v) is 15.0. The van der Waals surface area contributed by atoms with Crippen LogP contribution < -0.4 is 0 Å². The number of allylic oxidation sites excluding steroid dienone is 1. The number of nitrogens with zero attached hydrogens (tertiary/aromatic N) is 3. The highest BCUT2D eigenvalue weighted by Gasteiger charge is 2.27. The van der Waals surface area contributed by atoms with E-state index in [2.05, 4.69) is 156 Å². The molecular formula is C40H29N3. The Kier molecular flexibility index (Phi) is 5.24. The van der Waals surface area contributed by atoms with Crippen LogP contribution in [0.3, 0.4) is 0 Å². The van der Waals surface area contributed by atoms with Crippen molar-refractivity contribution in [2.75, 3.05) is 0 Å². The van der Waals surface area contributed by atoms with E-state index >= 15 is 0 Å². The van der Waals surface area contributed by atoms with Crippen molar-refractivity contribution in [2.24, 2.45) is 0 Å². The number of hydrogen-bond acceptors (Lipinski definition) is 1. The van der Waals surface area contributed by atoms with E-state index in [1.807, 2.05) is 0 Å². The first-order valence-electron chi connectivity index (χ1n) is 15.0. The first-order chi connectivity index (χ1) is 21.2. The smallest absolute Gasteiger partial charge is 0.0970 e. The number of rotatable bonds is 3. The molecular weight excluding hydrogens is 522 g/mol. The minimum absolute atomic E-state index is 0.331. The Labute approximate surface area is 250 Å². The van der Waals surface area contributed by atoms with E-state index in [1.165, 1.54) is 55.1 Å². The average molecular weight is 552 g/mol. The molecule has 1 unspecified atom stereocenters. The van der Waals surface area contributed by atoms with Crippen molar-refractivity contribution in [3.63, 3.8) is 0 Å². The third kappa shape index (κ3) is 3.65. The normalized spacial score (nSPS) is 14.9. The van der Waals surface area contributed by atoms with E-state index in [0.29, 0.717) is 5.92 Å². The van der Waals surface area contributed by atoms with Gasteiger partial charge >= 0.3 is 0 Å². The third-order valence-corrected chi connectivity index (χ3v) is 9.11. The molecule has 1 aliphatic rings. The van der Waals surface area contributed by atoms with Crippen molar-refractivity contribution in [1.82, 2.24) is 14.1 Å². The maximum Gasteiger partial charge on any atom is 0.0970 e. The van der Waals surface area contributed by atoms with Gasteiger partial charge in [0.25, 0.3) is 0 Å². The molecule has 43 heavy (non-hydrogen) atoms. The SMILES string of the molecule is CC1CC(c2ccc3c(n2)c2ccccc2n3-c2ccccc2)=Cc2c1n(-c1ccc3ccccc3c1)c1ccccc21. The van der Waals surface area contributed by atoms with Crippen LogP contribution in [0.4, 0.5) is 0 Å². The Morgan fingerprint density at radius 1 is 0.581 bits per heavy atom. The van der Waals surface area contributed by atoms with Crippen LogP contribution in [0.5, 0.6) is 0 Å². The molecule has 0 radical (unpaired) electrons. The first kappa shape index (κ1) is 24.2. The second kappa shape index (κ2) is 9.30. The van der Waals surface area contributed by atoms with Gasteiger partial charge in [-0.15, -0.1) is 0 Å². The molecule has 0 fully saturated rings. The summed E-state index contributed by atoms with van der Waals surface area (Å²) in [6.45, 7) is 2.36. The molecule has 1 atom stereocenters. The van der Waals surface area contributed by atoms with Gasteiger partial charge in [-0.25, -0.2) is 4.98 Å². The summed E-state index contributed by atoms with van der Waals surface area (Å²) >= 11 is 0. The van der Waals surface area contributed by atoms with Crippen molar-refractivity contribution >= 4 is 55.3 Å². The third-order valence-electron chi connectivity index (χ3n) is 9.11. The van der Waals surface area contributed by atoms with Gasteiger partial charge in [-0.1, -0.05) is 91.9 Å². The lowest BCUT2D eigenvalue weighted by atomic mass is 9.86. The highest BCUT2D eigenvalue weighted by Crippen LogP contribution is 2.44. The van der Waals surface area contributed by atoms with Crippen LogP contribution >= 0.6 is 0 Å². The molecule has 3 aromatic heterocycles. The van der Waals surface area contributed by atoms with Gasteiger partial charge in [-0.3, -0.25) is 0 Å². The molecule has 0 bridgehead atoms. The summed E-state index contributed by atoms with van der Waals surface area (Å²) in [6, 6.07) is 47.9. The number of hydrogen-bond donors (Lipinski definition) is 0. The Hall–Kier alpha value is -5.41. The number of fused-ring (bicyclic) bond motifs is 7. The Balaban J connectivity index is 1.24. The van der Waals surface area contributed by atoms with Crippen LogP contribution in [0.1, 0.15) is 36.2 Å². The zero-order chi connectivity index (χ0) is 28.5. The summed E-state index contributed by atoms with van der Waals surface area (Å²) in [5, 5.41) is 5.00. The van der Waals surface area contributed by atoms with Crippen LogP contribution in [0.25, 0.3) is 66.6 Å². The second-order valence-electron chi connectivity index (χ2n) is 11.7. The van der Waals surface area contributed by atoms with E-state index in [1.54, 1.807) is 0 Å². The van der Waals surface area contributed by atoms with Gasteiger partial charge in [0.1, 0.15) is 0 Å². The lowest BCUT2D eigenvalue weighted by Crippen LogP contribution is -2.10. The van der Waals surface area contributed by atoms with Crippen LogP contribution in [-0.2, 0) is 0 Å². The fraction of sp³-hybridized carbons (Fsp3) is 0.0750. The van der Waals surface area contributed by atoms with Crippen molar-refractivity contribution in [3.05, 3.63) is 150 Å². The molecule has 0 N–H and O–H groups in total. The predicted molar refractivity (Wildman–Crippen MR) is 180 cm³/mol. The van der Waals surface area contributed by atoms with Crippen molar-refractivity contribution in [1.29, 1.82) is 0 Å². The topological polar surface area (TPSA) is 22.8 Å². The van der Waals surface area contributed by atoms with Crippen LogP contribution in [0.15, 0.2) is 133 Å². The van der Waals surface area contributed by atoms with Gasteiger partial charge in [0.05, 0.1) is 27.8 Å². The minimum Gasteiger partial charge on any atom is -0.313 e. The van der Waals surface area contributed by atoms with E-state index in [4.69, 9.17) is 4.98 Å². The standard InChI is InChI=1S/C40H29N3/c1-26-23-29(35-21-22-38-39(41-35)33-16-8-10-18-37(33)42(38)30-13-3-2-4-14-30)25-34-32-15-7-9-17-36(32)43(40(26)34)31-20-19-27-11-5-6-12-28(27)24-31/h2-22,24-26H,23H2,1H3. The van der Waals surface area contributed by atoms with Crippen LogP contribution in [-0.4, -0.2) is 14.1 Å². The lowest BCUT2D eigenvalue weighted by Gasteiger charge is -2.23. The molecule has 3 heteroatoms. The summed E-state index contributed by atoms with van der Waals surface area (Å²) in [4.78, 5) is 5.36. The van der Waals surface area contributed by atoms with Gasteiger partial charge in [-0.2, -0.15) is 0 Å². The monoisotopic (exact) mass is 551 g/mol. The molecule has 1 aliphatic carbocycles. The number of benzene rings is 5. The number of para-hydroxylation sites is 3. The molecule has 0 amide bonds. The molecule has 0 saturated heterocycles. The molecule has 0 aliphatic heterocycles. The highest BCUT2D eigenvalue weighted by atomic mass is 15.0. The summed E-state index contributed by atoms with van der Waals surface area (Å²) in [5.41, 5.74) is 12.0. The van der Waals surface area contributed by atoms with Gasteiger partial charge < -0.3 is 9.13 Å². The molecule has 8 aromatic rings. The van der Waals surface area contributed by atoms with Crippen molar-refractivity contribution in [3.8, 4) is 11.4 Å². The molecule has 9 rings (SSSR count). The highest BCUT2D eigenvalue weighted by molar-refractivity contribution is 6.08. The zero-order valence-corrected chi connectivity index (χ0v) is 23.9. The molecule has 0 spiro atoms. The average Bonchev–Trinajstić information content (AvgIpc) is 3.58. The summed E-state index contributed by atoms with van der Waals surface area (Å²) in [6.07, 6.45) is 3.34. The predicted octanol–water partition coefficient (Wildman–Crippen LogP) is 10.3. The summed E-state index contributed by atoms with van der Waals surface area (Å²) in [5.74, 6) is 0.331. The fourth-order valence-corrected chi connectivity index (χ4v) is 7.22. The quantitative estimate of drug-likeness (QED) is 0.214. The minimum atomic E-state index is 0.331. The molecule has 0 saturated carbocycles. The van der Waals surface area contributed by atoms with Crippen LogP contribution in [0.2, 0.25) is 0 Å². The lowest BCUT2D eigenvalue weighted by molar-refractivity contribution is 0.731. The van der Waals surface area contributed by atoms with E-state index in [-0.39, 0.29) is 0 Å². The molecule has 3 nitrogen and oxygen atoms in total. The molecule has 3 heterocycles. The Bertz CT molecular complexity index is 2390. The van der Waals surface area contributed by atoms with Crippen LogP contribution in [0, 0.1) is 0 Å². The Morgan fingerprint density at radius 3 is 2.12 bits per heavy atom. The van der Waals surface area contributed by atoms with Gasteiger partial charge in [0.2, 0.25) is 0 Å². The fourth-order valence-electron chi connectivity index (χ4n) is 7.22. The van der Waals surface area contributed by atoms with E-state index in [9.17, 15) is 0 Å². The van der Waals surface area contributed by atoms with Crippen molar-refractivity contribution < 1.29 is 0 Å². The van der Waals surface area contributed by atoms with Crippen molar-refractivity contribution in [2.45, 2.75) is 19.3 Å². The Morgan fingerprint density at radius 2 is 1.28 bits per heavy atom. The zero-order valence-electron chi connectivity index (χ0n) is 23.9. The molecule has 5 aromatic carbocycles. The summed E-state index contributed by atoms with van der Waals surface area (Å²) < 4.78 is 4.81. The van der Waals surface area contributed by atoms with Gasteiger partial charge in [0.15, 0.2) is 0 Å². The van der Waals surface area contributed by atoms with Gasteiger partial charge in [0, 0.05) is 39.3 Å². The summed E-state index contributed by atoms with van der Waals surface area (Å²) in [7, 11) is 0.